The van der Waals surface area contributed by atoms with Crippen molar-refractivity contribution < 1.29 is 0 Å². The smallest absolute Gasteiger partial charge is 0.0623 e. The Kier molecular flexibility index (Phi) is 11.6. The van der Waals surface area contributed by atoms with E-state index < -0.39 is 21.6 Å². The van der Waals surface area contributed by atoms with Gasteiger partial charge in [-0.05, 0) is 191 Å². The lowest BCUT2D eigenvalue weighted by atomic mass is 9.69. The molecule has 0 N–H and O–H groups in total. The summed E-state index contributed by atoms with van der Waals surface area (Å²) >= 11 is 0. The van der Waals surface area contributed by atoms with Crippen molar-refractivity contribution >= 4 is 101 Å². The topological polar surface area (TPSA) is 0 Å². The van der Waals surface area contributed by atoms with Crippen molar-refractivity contribution in [3.63, 3.8) is 0 Å². The first kappa shape index (κ1) is 54.6. The van der Waals surface area contributed by atoms with Crippen molar-refractivity contribution in [1.82, 2.24) is 0 Å². The average Bonchev–Trinajstić information content (AvgIpc) is 1.54. The van der Waals surface area contributed by atoms with Crippen LogP contribution in [0.3, 0.4) is 0 Å². The second-order valence-electron chi connectivity index (χ2n) is 27.0. The predicted molar refractivity (Wildman–Crippen MR) is 414 cm³/mol. The molecule has 4 aliphatic rings. The van der Waals surface area contributed by atoms with Crippen molar-refractivity contribution in [3.05, 3.63) is 386 Å². The zero-order valence-electron chi connectivity index (χ0n) is 53.1. The highest BCUT2D eigenvalue weighted by Gasteiger charge is 2.55. The molecular formula is C95H60Si2. The minimum Gasteiger partial charge on any atom is -0.0623 e. The van der Waals surface area contributed by atoms with Crippen molar-refractivity contribution in [3.8, 4) is 77.9 Å². The Morgan fingerprint density at radius 1 is 0.175 bits per heavy atom. The summed E-state index contributed by atoms with van der Waals surface area (Å²) in [6.45, 7) is 0. The molecule has 0 radical (unpaired) electrons. The van der Waals surface area contributed by atoms with E-state index in [2.05, 4.69) is 364 Å². The molecule has 17 aromatic carbocycles. The van der Waals surface area contributed by atoms with Crippen LogP contribution in [0.5, 0.6) is 0 Å². The first-order valence-corrected chi connectivity index (χ1v) is 38.2. The number of rotatable bonds is 7. The maximum absolute atomic E-state index is 3.02. The van der Waals surface area contributed by atoms with Crippen LogP contribution >= 0.6 is 0 Å². The first-order chi connectivity index (χ1) is 48.2. The Bertz CT molecular complexity index is 5870. The molecular weight excluding hydrogens is 1200 g/mol. The van der Waals surface area contributed by atoms with E-state index in [1.807, 2.05) is 0 Å². The number of hydrogen-bond acceptors (Lipinski definition) is 0. The molecule has 0 aromatic heterocycles. The van der Waals surface area contributed by atoms with Gasteiger partial charge in [0.2, 0.25) is 0 Å². The van der Waals surface area contributed by atoms with Crippen molar-refractivity contribution in [1.29, 1.82) is 0 Å². The normalized spacial score (nSPS) is 15.2. The summed E-state index contributed by atoms with van der Waals surface area (Å²) in [4.78, 5) is 0. The Balaban J connectivity index is 0.920. The van der Waals surface area contributed by atoms with Crippen LogP contribution < -0.4 is 41.5 Å². The SMILES string of the molecule is c1ccc([Si]2(c3ccccc3)c3ccccc3-c3cccc(-c4cccc5c(-c6cccc7c6-c6ccccc6C76c7ccccc7-c7c6c6ccccc6c6ccccc76)c6cccc(-c7cccc8c7[Si](c7ccccc7)(c7ccccc7)c7ccccc7-8)c6cc45)c32)cc1. The number of fused-ring (bicyclic) bond motifs is 23. The molecule has 1 unspecified atom stereocenters. The fourth-order valence-electron chi connectivity index (χ4n) is 19.5. The lowest BCUT2D eigenvalue weighted by Crippen LogP contribution is -2.73. The monoisotopic (exact) mass is 1260 g/mol. The highest BCUT2D eigenvalue weighted by molar-refractivity contribution is 7.23. The third-order valence-corrected chi connectivity index (χ3v) is 32.7. The van der Waals surface area contributed by atoms with E-state index in [-0.39, 0.29) is 0 Å². The van der Waals surface area contributed by atoms with E-state index in [4.69, 9.17) is 0 Å². The summed E-state index contributed by atoms with van der Waals surface area (Å²) in [5, 5.41) is 21.5. The molecule has 97 heavy (non-hydrogen) atoms. The molecule has 1 atom stereocenters. The van der Waals surface area contributed by atoms with Crippen LogP contribution in [0.4, 0.5) is 0 Å². The van der Waals surface area contributed by atoms with Crippen LogP contribution in [0.15, 0.2) is 364 Å². The third-order valence-electron chi connectivity index (χ3n) is 22.8. The fraction of sp³-hybridized carbons (Fsp3) is 0.0105. The minimum atomic E-state index is -3.02. The summed E-state index contributed by atoms with van der Waals surface area (Å²) < 4.78 is 0. The fourth-order valence-corrected chi connectivity index (χ4v) is 30.2. The van der Waals surface area contributed by atoms with Crippen molar-refractivity contribution in [2.24, 2.45) is 0 Å². The van der Waals surface area contributed by atoms with Gasteiger partial charge in [-0.1, -0.05) is 358 Å². The van der Waals surface area contributed by atoms with Gasteiger partial charge in [-0.3, -0.25) is 0 Å². The van der Waals surface area contributed by atoms with Crippen LogP contribution in [0, 0.1) is 0 Å². The molecule has 2 aliphatic heterocycles. The summed E-state index contributed by atoms with van der Waals surface area (Å²) in [6, 6.07) is 141. The zero-order valence-corrected chi connectivity index (χ0v) is 55.1. The summed E-state index contributed by atoms with van der Waals surface area (Å²) in [7, 11) is -6.04. The molecule has 2 heterocycles. The van der Waals surface area contributed by atoms with E-state index in [0.717, 1.165) is 0 Å². The van der Waals surface area contributed by atoms with Crippen LogP contribution in [0.1, 0.15) is 22.3 Å². The second kappa shape index (κ2) is 20.6. The van der Waals surface area contributed by atoms with Gasteiger partial charge in [0.25, 0.3) is 0 Å². The van der Waals surface area contributed by atoms with Gasteiger partial charge in [0, 0.05) is 0 Å². The standard InChI is InChI=1S/C95H60Si2/c1-5-30-61(31-6-1)96(62-32-7-2-8-33-62)87-58-23-19-40-69(87)77-52-27-50-75(93(77)96)67-46-25-48-72-82(67)60-83-68(76-51-28-53-78-70-41-20-24-59-88(70)97(94(76)78,63-34-9-3-10-35-63)64-36-11-4-12-37-64)47-26-49-73(83)89(72)81-54-29-57-86-90(81)79-44-17-21-55-84(79)95(86)85-56-22-18-45-80(85)91-71-42-15-13-38-65(71)66-39-14-16-43-74(66)92(91)95/h1-60H. The number of hydrogen-bond donors (Lipinski definition) is 0. The highest BCUT2D eigenvalue weighted by atomic mass is 28.3. The van der Waals surface area contributed by atoms with E-state index in [9.17, 15) is 0 Å². The molecule has 0 amide bonds. The zero-order chi connectivity index (χ0) is 63.6. The van der Waals surface area contributed by atoms with Gasteiger partial charge in [0.15, 0.2) is 16.1 Å². The van der Waals surface area contributed by atoms with Crippen molar-refractivity contribution in [2.75, 3.05) is 0 Å². The second-order valence-corrected chi connectivity index (χ2v) is 34.4. The Morgan fingerprint density at radius 2 is 0.474 bits per heavy atom. The van der Waals surface area contributed by atoms with E-state index >= 15 is 0 Å². The molecule has 17 aromatic rings. The van der Waals surface area contributed by atoms with Gasteiger partial charge in [0.05, 0.1) is 5.41 Å². The maximum atomic E-state index is 2.63. The minimum absolute atomic E-state index is 0.626. The van der Waals surface area contributed by atoms with Gasteiger partial charge in [0.1, 0.15) is 0 Å². The van der Waals surface area contributed by atoms with Gasteiger partial charge in [-0.15, -0.1) is 0 Å². The van der Waals surface area contributed by atoms with Crippen LogP contribution in [0.2, 0.25) is 0 Å². The van der Waals surface area contributed by atoms with Crippen LogP contribution in [-0.2, 0) is 5.41 Å². The molecule has 0 saturated carbocycles. The van der Waals surface area contributed by atoms with E-state index in [1.165, 1.54) is 185 Å². The molecule has 0 fully saturated rings. The highest BCUT2D eigenvalue weighted by Crippen LogP contribution is 2.67. The summed E-state index contributed by atoms with van der Waals surface area (Å²) in [5.74, 6) is 0. The van der Waals surface area contributed by atoms with Gasteiger partial charge >= 0.3 is 0 Å². The lowest BCUT2D eigenvalue weighted by molar-refractivity contribution is 0.802. The Labute approximate surface area is 566 Å². The summed E-state index contributed by atoms with van der Waals surface area (Å²) in [6.07, 6.45) is 0. The van der Waals surface area contributed by atoms with Gasteiger partial charge in [-0.2, -0.15) is 0 Å². The molecule has 0 saturated heterocycles. The van der Waals surface area contributed by atoms with Crippen LogP contribution in [-0.4, -0.2) is 16.1 Å². The largest absolute Gasteiger partial charge is 0.181 e. The Hall–Kier alpha value is -11.8. The maximum Gasteiger partial charge on any atom is 0.181 e. The van der Waals surface area contributed by atoms with Crippen LogP contribution in [0.25, 0.3) is 121 Å². The average molecular weight is 1260 g/mol. The van der Waals surface area contributed by atoms with E-state index in [0.29, 0.717) is 0 Å². The molecule has 2 heteroatoms. The first-order valence-electron chi connectivity index (χ1n) is 34.2. The third kappa shape index (κ3) is 7.05. The van der Waals surface area contributed by atoms with E-state index in [1.54, 1.807) is 0 Å². The number of benzene rings is 17. The summed E-state index contributed by atoms with van der Waals surface area (Å²) in [5.41, 5.74) is 22.9. The molecule has 0 nitrogen and oxygen atoms in total. The predicted octanol–water partition coefficient (Wildman–Crippen LogP) is 18.4. The Morgan fingerprint density at radius 3 is 0.959 bits per heavy atom. The molecule has 1 spiro atoms. The molecule has 448 valence electrons. The van der Waals surface area contributed by atoms with Gasteiger partial charge in [-0.25, -0.2) is 0 Å². The van der Waals surface area contributed by atoms with Crippen molar-refractivity contribution in [2.45, 2.75) is 5.41 Å². The lowest BCUT2D eigenvalue weighted by Gasteiger charge is -2.33. The van der Waals surface area contributed by atoms with Gasteiger partial charge < -0.3 is 0 Å². The molecule has 2 aliphatic carbocycles. The quantitative estimate of drug-likeness (QED) is 0.0848. The molecule has 21 rings (SSSR count). The molecule has 0 bridgehead atoms.